The van der Waals surface area contributed by atoms with Gasteiger partial charge in [0.2, 0.25) is 5.95 Å². The molecule has 24 heavy (non-hydrogen) atoms. The first-order chi connectivity index (χ1) is 11.8. The average molecular weight is 325 g/mol. The second-order valence-electron chi connectivity index (χ2n) is 5.71. The number of anilines is 1. The first kappa shape index (κ1) is 14.9. The molecule has 124 valence electrons. The smallest absolute Gasteiger partial charge is 0.228 e. The van der Waals surface area contributed by atoms with Gasteiger partial charge in [-0.3, -0.25) is 4.68 Å². The van der Waals surface area contributed by atoms with E-state index in [0.717, 1.165) is 41.1 Å². The Morgan fingerprint density at radius 3 is 2.79 bits per heavy atom. The third-order valence-corrected chi connectivity index (χ3v) is 4.22. The van der Waals surface area contributed by atoms with Crippen molar-refractivity contribution in [2.24, 2.45) is 7.05 Å². The first-order valence-corrected chi connectivity index (χ1v) is 7.93. The number of aromatic nitrogens is 4. The Balaban J connectivity index is 1.89. The summed E-state index contributed by atoms with van der Waals surface area (Å²) in [6.07, 6.45) is 1.81. The van der Waals surface area contributed by atoms with Crippen molar-refractivity contribution in [1.29, 1.82) is 0 Å². The summed E-state index contributed by atoms with van der Waals surface area (Å²) in [6, 6.07) is 7.90. The van der Waals surface area contributed by atoms with Crippen LogP contribution in [0.1, 0.15) is 0 Å². The Bertz CT molecular complexity index is 871. The molecule has 7 nitrogen and oxygen atoms in total. The number of benzene rings is 1. The third-order valence-electron chi connectivity index (χ3n) is 4.22. The normalized spacial score (nSPS) is 15.0. The number of hydrogen-bond acceptors (Lipinski definition) is 6. The van der Waals surface area contributed by atoms with Gasteiger partial charge in [-0.05, 0) is 12.1 Å². The van der Waals surface area contributed by atoms with Gasteiger partial charge in [0.25, 0.3) is 0 Å². The van der Waals surface area contributed by atoms with E-state index in [4.69, 9.17) is 19.4 Å². The van der Waals surface area contributed by atoms with E-state index in [2.05, 4.69) is 10.00 Å². The fourth-order valence-corrected chi connectivity index (χ4v) is 2.91. The van der Waals surface area contributed by atoms with E-state index in [-0.39, 0.29) is 0 Å². The van der Waals surface area contributed by atoms with Crippen molar-refractivity contribution in [3.05, 3.63) is 30.5 Å². The van der Waals surface area contributed by atoms with E-state index >= 15 is 0 Å². The van der Waals surface area contributed by atoms with Crippen molar-refractivity contribution in [2.45, 2.75) is 0 Å². The highest BCUT2D eigenvalue weighted by atomic mass is 16.5. The SMILES string of the molecule is COc1cccc(-c2nc(N3CCOCC3)nc3c2cnn3C)c1. The van der Waals surface area contributed by atoms with Gasteiger partial charge in [0.15, 0.2) is 5.65 Å². The minimum atomic E-state index is 0.696. The number of nitrogens with zero attached hydrogens (tertiary/aromatic N) is 5. The van der Waals surface area contributed by atoms with Crippen LogP contribution in [0.4, 0.5) is 5.95 Å². The zero-order valence-electron chi connectivity index (χ0n) is 13.8. The van der Waals surface area contributed by atoms with Crippen LogP contribution in [0.25, 0.3) is 22.3 Å². The summed E-state index contributed by atoms with van der Waals surface area (Å²) in [5.41, 5.74) is 2.68. The predicted octanol–water partition coefficient (Wildman–Crippen LogP) is 1.88. The van der Waals surface area contributed by atoms with Crippen LogP contribution in [-0.2, 0) is 11.8 Å². The molecule has 0 bridgehead atoms. The molecule has 3 aromatic rings. The molecule has 1 fully saturated rings. The standard InChI is InChI=1S/C17H19N5O2/c1-21-16-14(11-18-21)15(12-4-3-5-13(10-12)23-2)19-17(20-16)22-6-8-24-9-7-22/h3-5,10-11H,6-9H2,1-2H3. The van der Waals surface area contributed by atoms with E-state index in [1.165, 1.54) is 0 Å². The van der Waals surface area contributed by atoms with Crippen molar-refractivity contribution in [3.63, 3.8) is 0 Å². The number of aryl methyl sites for hydroxylation is 1. The summed E-state index contributed by atoms with van der Waals surface area (Å²) in [4.78, 5) is 11.7. The molecular weight excluding hydrogens is 306 g/mol. The van der Waals surface area contributed by atoms with Crippen molar-refractivity contribution < 1.29 is 9.47 Å². The van der Waals surface area contributed by atoms with E-state index in [0.29, 0.717) is 19.2 Å². The molecule has 0 amide bonds. The Hall–Kier alpha value is -2.67. The topological polar surface area (TPSA) is 65.3 Å². The Kier molecular flexibility index (Phi) is 3.78. The largest absolute Gasteiger partial charge is 0.497 e. The fourth-order valence-electron chi connectivity index (χ4n) is 2.91. The van der Waals surface area contributed by atoms with Crippen molar-refractivity contribution in [3.8, 4) is 17.0 Å². The van der Waals surface area contributed by atoms with Gasteiger partial charge in [-0.2, -0.15) is 10.1 Å². The van der Waals surface area contributed by atoms with Crippen molar-refractivity contribution in [1.82, 2.24) is 19.7 Å². The lowest BCUT2D eigenvalue weighted by atomic mass is 10.1. The van der Waals surface area contributed by atoms with Gasteiger partial charge < -0.3 is 14.4 Å². The summed E-state index contributed by atoms with van der Waals surface area (Å²) < 4.78 is 12.6. The highest BCUT2D eigenvalue weighted by molar-refractivity contribution is 5.91. The number of methoxy groups -OCH3 is 1. The molecule has 1 saturated heterocycles. The number of fused-ring (bicyclic) bond motifs is 1. The maximum absolute atomic E-state index is 5.43. The van der Waals surface area contributed by atoms with Crippen LogP contribution in [0.15, 0.2) is 30.5 Å². The van der Waals surface area contributed by atoms with Crippen LogP contribution in [0.5, 0.6) is 5.75 Å². The van der Waals surface area contributed by atoms with Gasteiger partial charge in [0, 0.05) is 25.7 Å². The van der Waals surface area contributed by atoms with Gasteiger partial charge in [-0.15, -0.1) is 0 Å². The molecule has 1 aliphatic rings. The molecule has 0 radical (unpaired) electrons. The van der Waals surface area contributed by atoms with Gasteiger partial charge in [-0.1, -0.05) is 12.1 Å². The Morgan fingerprint density at radius 2 is 2.00 bits per heavy atom. The molecule has 4 rings (SSSR count). The number of morpholine rings is 1. The minimum absolute atomic E-state index is 0.696. The van der Waals surface area contributed by atoms with Gasteiger partial charge in [0.05, 0.1) is 37.6 Å². The molecule has 1 aliphatic heterocycles. The molecule has 0 atom stereocenters. The van der Waals surface area contributed by atoms with Gasteiger partial charge in [-0.25, -0.2) is 4.98 Å². The summed E-state index contributed by atoms with van der Waals surface area (Å²) in [6.45, 7) is 2.98. The Labute approximate surface area is 139 Å². The summed E-state index contributed by atoms with van der Waals surface area (Å²) in [5, 5.41) is 5.28. The van der Waals surface area contributed by atoms with Crippen LogP contribution in [0, 0.1) is 0 Å². The lowest BCUT2D eigenvalue weighted by Crippen LogP contribution is -2.37. The fraction of sp³-hybridized carbons (Fsp3) is 0.353. The molecule has 0 aliphatic carbocycles. The minimum Gasteiger partial charge on any atom is -0.497 e. The Morgan fingerprint density at radius 1 is 1.17 bits per heavy atom. The lowest BCUT2D eigenvalue weighted by Gasteiger charge is -2.27. The van der Waals surface area contributed by atoms with Crippen molar-refractivity contribution in [2.75, 3.05) is 38.3 Å². The predicted molar refractivity (Wildman–Crippen MR) is 91.3 cm³/mol. The van der Waals surface area contributed by atoms with E-state index in [1.54, 1.807) is 11.8 Å². The van der Waals surface area contributed by atoms with Crippen LogP contribution < -0.4 is 9.64 Å². The van der Waals surface area contributed by atoms with Gasteiger partial charge in [0.1, 0.15) is 5.75 Å². The van der Waals surface area contributed by atoms with Crippen LogP contribution in [0.3, 0.4) is 0 Å². The molecule has 0 N–H and O–H groups in total. The summed E-state index contributed by atoms with van der Waals surface area (Å²) in [7, 11) is 3.56. The first-order valence-electron chi connectivity index (χ1n) is 7.93. The summed E-state index contributed by atoms with van der Waals surface area (Å²) in [5.74, 6) is 1.52. The third kappa shape index (κ3) is 2.56. The van der Waals surface area contributed by atoms with Crippen LogP contribution in [-0.4, -0.2) is 53.2 Å². The lowest BCUT2D eigenvalue weighted by molar-refractivity contribution is 0.122. The highest BCUT2D eigenvalue weighted by Crippen LogP contribution is 2.30. The van der Waals surface area contributed by atoms with E-state index < -0.39 is 0 Å². The number of hydrogen-bond donors (Lipinski definition) is 0. The zero-order valence-corrected chi connectivity index (χ0v) is 13.8. The quantitative estimate of drug-likeness (QED) is 0.732. The number of ether oxygens (including phenoxy) is 2. The zero-order chi connectivity index (χ0) is 16.5. The molecular formula is C17H19N5O2. The van der Waals surface area contributed by atoms with E-state index in [1.807, 2.05) is 37.5 Å². The second-order valence-corrected chi connectivity index (χ2v) is 5.71. The van der Waals surface area contributed by atoms with Crippen LogP contribution >= 0.6 is 0 Å². The molecule has 2 aromatic heterocycles. The maximum Gasteiger partial charge on any atom is 0.228 e. The average Bonchev–Trinajstić information content (AvgIpc) is 3.03. The molecule has 3 heterocycles. The molecule has 0 spiro atoms. The van der Waals surface area contributed by atoms with Crippen LogP contribution in [0.2, 0.25) is 0 Å². The molecule has 7 heteroatoms. The second kappa shape index (κ2) is 6.09. The van der Waals surface area contributed by atoms with Gasteiger partial charge >= 0.3 is 0 Å². The molecule has 0 unspecified atom stereocenters. The molecule has 0 saturated carbocycles. The summed E-state index contributed by atoms with van der Waals surface area (Å²) >= 11 is 0. The highest BCUT2D eigenvalue weighted by Gasteiger charge is 2.19. The number of rotatable bonds is 3. The van der Waals surface area contributed by atoms with E-state index in [9.17, 15) is 0 Å². The van der Waals surface area contributed by atoms with Crippen molar-refractivity contribution >= 4 is 17.0 Å². The monoisotopic (exact) mass is 325 g/mol. The molecule has 1 aromatic carbocycles. The maximum atomic E-state index is 5.43.